The summed E-state index contributed by atoms with van der Waals surface area (Å²) in [6, 6.07) is 8.30. The van der Waals surface area contributed by atoms with E-state index in [9.17, 15) is 14.7 Å². The first kappa shape index (κ1) is 17.2. The number of hydrogen-bond donors (Lipinski definition) is 2. The molecule has 0 unspecified atom stereocenters. The molecule has 0 bridgehead atoms. The van der Waals surface area contributed by atoms with Crippen LogP contribution in [0.15, 0.2) is 35.1 Å². The maximum atomic E-state index is 12.7. The Hall–Kier alpha value is -2.15. The number of aromatic hydroxyl groups is 1. The van der Waals surface area contributed by atoms with Crippen LogP contribution in [-0.2, 0) is 6.42 Å². The van der Waals surface area contributed by atoms with Crippen molar-refractivity contribution in [2.24, 2.45) is 0 Å². The van der Waals surface area contributed by atoms with E-state index in [-0.39, 0.29) is 5.88 Å². The minimum absolute atomic E-state index is 0.179. The molecule has 1 amide bonds. The molecule has 1 heterocycles. The highest BCUT2D eigenvalue weighted by molar-refractivity contribution is 7.98. The largest absolute Gasteiger partial charge is 0.493 e. The van der Waals surface area contributed by atoms with Gasteiger partial charge in [0.05, 0.1) is 11.4 Å². The topological polar surface area (TPSA) is 76.3 Å². The number of imidazole rings is 1. The molecule has 0 saturated carbocycles. The van der Waals surface area contributed by atoms with Gasteiger partial charge in [-0.05, 0) is 30.6 Å². The Morgan fingerprint density at radius 2 is 2.00 bits per heavy atom. The monoisotopic (exact) mass is 335 g/mol. The lowest BCUT2D eigenvalue weighted by Gasteiger charge is -2.06. The van der Waals surface area contributed by atoms with Gasteiger partial charge in [-0.1, -0.05) is 25.1 Å². The maximum absolute atomic E-state index is 12.7. The van der Waals surface area contributed by atoms with Gasteiger partial charge in [0, 0.05) is 13.0 Å². The first-order chi connectivity index (χ1) is 11.1. The number of benzene rings is 1. The molecule has 2 rings (SSSR count). The van der Waals surface area contributed by atoms with Gasteiger partial charge in [-0.15, -0.1) is 0 Å². The Bertz CT molecular complexity index is 722. The van der Waals surface area contributed by atoms with Gasteiger partial charge >= 0.3 is 11.7 Å². The number of para-hydroxylation sites is 1. The van der Waals surface area contributed by atoms with E-state index in [4.69, 9.17) is 0 Å². The molecule has 0 saturated heterocycles. The molecule has 7 heteroatoms. The first-order valence-corrected chi connectivity index (χ1v) is 8.89. The third-order valence-corrected chi connectivity index (χ3v) is 4.02. The molecule has 6 nitrogen and oxygen atoms in total. The quantitative estimate of drug-likeness (QED) is 0.849. The highest BCUT2D eigenvalue weighted by Gasteiger charge is 2.24. The summed E-state index contributed by atoms with van der Waals surface area (Å²) in [4.78, 5) is 25.0. The summed E-state index contributed by atoms with van der Waals surface area (Å²) in [6.45, 7) is 2.41. The Morgan fingerprint density at radius 1 is 1.30 bits per heavy atom. The molecular weight excluding hydrogens is 314 g/mol. The van der Waals surface area contributed by atoms with E-state index in [0.717, 1.165) is 11.0 Å². The van der Waals surface area contributed by atoms with Crippen LogP contribution in [0.3, 0.4) is 0 Å². The van der Waals surface area contributed by atoms with Gasteiger partial charge in [0.1, 0.15) is 0 Å². The zero-order chi connectivity index (χ0) is 16.8. The standard InChI is InChI=1S/C16H21N3O3S/c1-3-10-17-15(21)19-13(9-11-23-2)14(20)18(16(19)22)12-7-5-4-6-8-12/h4-8,20H,3,9-11H2,1-2H3,(H,17,21). The SMILES string of the molecule is CCCNC(=O)n1c(CCSC)c(O)n(-c2ccccc2)c1=O. The first-order valence-electron chi connectivity index (χ1n) is 7.50. The van der Waals surface area contributed by atoms with Crippen molar-refractivity contribution in [3.05, 3.63) is 46.5 Å². The van der Waals surface area contributed by atoms with Crippen molar-refractivity contribution in [1.82, 2.24) is 14.5 Å². The summed E-state index contributed by atoms with van der Waals surface area (Å²) in [6.07, 6.45) is 3.14. The number of carbonyl (C=O) groups excluding carboxylic acids is 1. The molecule has 1 aromatic heterocycles. The van der Waals surface area contributed by atoms with Crippen LogP contribution in [0.1, 0.15) is 19.0 Å². The third-order valence-electron chi connectivity index (χ3n) is 3.41. The molecule has 2 aromatic rings. The minimum atomic E-state index is -0.557. The number of carbonyl (C=O) groups is 1. The minimum Gasteiger partial charge on any atom is -0.493 e. The van der Waals surface area contributed by atoms with Gasteiger partial charge in [0.15, 0.2) is 0 Å². The summed E-state index contributed by atoms with van der Waals surface area (Å²) in [5.74, 6) is 0.522. The van der Waals surface area contributed by atoms with Gasteiger partial charge < -0.3 is 10.4 Å². The lowest BCUT2D eigenvalue weighted by Crippen LogP contribution is -2.38. The second kappa shape index (κ2) is 7.92. The zero-order valence-corrected chi connectivity index (χ0v) is 14.1. The fraction of sp³-hybridized carbons (Fsp3) is 0.375. The van der Waals surface area contributed by atoms with Crippen molar-refractivity contribution in [2.45, 2.75) is 19.8 Å². The maximum Gasteiger partial charge on any atom is 0.344 e. The van der Waals surface area contributed by atoms with E-state index >= 15 is 0 Å². The van der Waals surface area contributed by atoms with Crippen molar-refractivity contribution < 1.29 is 9.90 Å². The van der Waals surface area contributed by atoms with Crippen LogP contribution in [0, 0.1) is 0 Å². The Labute approximate surface area is 139 Å². The van der Waals surface area contributed by atoms with Gasteiger partial charge in [0.2, 0.25) is 5.88 Å². The summed E-state index contributed by atoms with van der Waals surface area (Å²) in [7, 11) is 0. The number of aromatic nitrogens is 2. The number of amides is 1. The predicted molar refractivity (Wildman–Crippen MR) is 92.9 cm³/mol. The van der Waals surface area contributed by atoms with Crippen LogP contribution < -0.4 is 11.0 Å². The number of hydrogen-bond acceptors (Lipinski definition) is 4. The van der Waals surface area contributed by atoms with Crippen LogP contribution in [-0.4, -0.2) is 38.8 Å². The number of nitrogens with zero attached hydrogens (tertiary/aromatic N) is 2. The summed E-state index contributed by atoms with van der Waals surface area (Å²) >= 11 is 1.59. The molecule has 23 heavy (non-hydrogen) atoms. The van der Waals surface area contributed by atoms with Crippen LogP contribution in [0.2, 0.25) is 0 Å². The molecular formula is C16H21N3O3S. The lowest BCUT2D eigenvalue weighted by atomic mass is 10.3. The van der Waals surface area contributed by atoms with Crippen molar-refractivity contribution in [3.63, 3.8) is 0 Å². The van der Waals surface area contributed by atoms with Crippen LogP contribution in [0.5, 0.6) is 5.88 Å². The fourth-order valence-corrected chi connectivity index (χ4v) is 2.69. The second-order valence-electron chi connectivity index (χ2n) is 5.03. The molecule has 124 valence electrons. The number of thioether (sulfide) groups is 1. The van der Waals surface area contributed by atoms with Crippen molar-refractivity contribution in [1.29, 1.82) is 0 Å². The highest BCUT2D eigenvalue weighted by Crippen LogP contribution is 2.21. The Balaban J connectivity index is 2.55. The molecule has 0 atom stereocenters. The van der Waals surface area contributed by atoms with Gasteiger partial charge in [0.25, 0.3) is 0 Å². The van der Waals surface area contributed by atoms with Crippen molar-refractivity contribution >= 4 is 17.8 Å². The van der Waals surface area contributed by atoms with Crippen LogP contribution in [0.4, 0.5) is 4.79 Å². The molecule has 0 fully saturated rings. The van der Waals surface area contributed by atoms with E-state index in [1.54, 1.807) is 36.0 Å². The third kappa shape index (κ3) is 3.61. The summed E-state index contributed by atoms with van der Waals surface area (Å²) in [5.41, 5.74) is 0.308. The summed E-state index contributed by atoms with van der Waals surface area (Å²) < 4.78 is 2.20. The van der Waals surface area contributed by atoms with Gasteiger partial charge in [-0.25, -0.2) is 18.7 Å². The molecule has 0 aliphatic rings. The summed E-state index contributed by atoms with van der Waals surface area (Å²) in [5, 5.41) is 13.2. The highest BCUT2D eigenvalue weighted by atomic mass is 32.2. The lowest BCUT2D eigenvalue weighted by molar-refractivity contribution is 0.241. The molecule has 2 N–H and O–H groups in total. The predicted octanol–water partition coefficient (Wildman–Crippen LogP) is 2.22. The van der Waals surface area contributed by atoms with Crippen LogP contribution in [0.25, 0.3) is 5.69 Å². The second-order valence-corrected chi connectivity index (χ2v) is 6.02. The Morgan fingerprint density at radius 3 is 2.61 bits per heavy atom. The average Bonchev–Trinajstić information content (AvgIpc) is 2.81. The normalized spacial score (nSPS) is 10.7. The van der Waals surface area contributed by atoms with Gasteiger partial charge in [-0.3, -0.25) is 0 Å². The molecule has 0 aliphatic carbocycles. The van der Waals surface area contributed by atoms with E-state index < -0.39 is 11.7 Å². The molecule has 0 aliphatic heterocycles. The number of rotatable bonds is 6. The van der Waals surface area contributed by atoms with E-state index in [1.807, 2.05) is 19.2 Å². The van der Waals surface area contributed by atoms with E-state index in [0.29, 0.717) is 30.1 Å². The van der Waals surface area contributed by atoms with Crippen LogP contribution >= 0.6 is 11.8 Å². The molecule has 1 aromatic carbocycles. The van der Waals surface area contributed by atoms with Gasteiger partial charge in [-0.2, -0.15) is 11.8 Å². The number of nitrogens with one attached hydrogen (secondary N) is 1. The van der Waals surface area contributed by atoms with E-state index in [2.05, 4.69) is 5.32 Å². The molecule has 0 spiro atoms. The smallest absolute Gasteiger partial charge is 0.344 e. The average molecular weight is 335 g/mol. The fourth-order valence-electron chi connectivity index (χ4n) is 2.29. The zero-order valence-electron chi connectivity index (χ0n) is 13.3. The van der Waals surface area contributed by atoms with Crippen molar-refractivity contribution in [3.8, 4) is 11.6 Å². The Kier molecular flexibility index (Phi) is 5.92. The molecule has 0 radical (unpaired) electrons. The van der Waals surface area contributed by atoms with Crippen molar-refractivity contribution in [2.75, 3.05) is 18.6 Å². The van der Waals surface area contributed by atoms with E-state index in [1.165, 1.54) is 4.57 Å².